The molecule has 0 heterocycles. The number of hydrogen-bond donors (Lipinski definition) is 0. The van der Waals surface area contributed by atoms with Crippen molar-refractivity contribution < 1.29 is 17.9 Å². The van der Waals surface area contributed by atoms with E-state index < -0.39 is 10.0 Å². The molecule has 0 aliphatic carbocycles. The fourth-order valence-electron chi connectivity index (χ4n) is 2.37. The van der Waals surface area contributed by atoms with E-state index in [0.29, 0.717) is 6.61 Å². The average molecular weight is 349 g/mol. The molecule has 0 spiro atoms. The van der Waals surface area contributed by atoms with E-state index in [-0.39, 0.29) is 17.5 Å². The van der Waals surface area contributed by atoms with Crippen LogP contribution < -0.4 is 4.74 Å². The molecule has 1 atom stereocenters. The monoisotopic (exact) mass is 349 g/mol. The van der Waals surface area contributed by atoms with Crippen LogP contribution in [0, 0.1) is 0 Å². The lowest BCUT2D eigenvalue weighted by molar-refractivity contribution is 0.0891. The van der Waals surface area contributed by atoms with Gasteiger partial charge >= 0.3 is 0 Å². The second-order valence-corrected chi connectivity index (χ2v) is 7.37. The highest BCUT2D eigenvalue weighted by atomic mass is 32.2. The van der Waals surface area contributed by atoms with Gasteiger partial charge in [-0.25, -0.2) is 8.42 Å². The molecule has 2 aromatic carbocycles. The summed E-state index contributed by atoms with van der Waals surface area (Å²) in [7, 11) is -0.408. The molecular weight excluding hydrogens is 326 g/mol. The molecule has 0 saturated carbocycles. The fourth-order valence-corrected chi connectivity index (χ4v) is 3.56. The summed E-state index contributed by atoms with van der Waals surface area (Å²) < 4.78 is 37.4. The maximum absolute atomic E-state index is 12.6. The minimum Gasteiger partial charge on any atom is -0.494 e. The summed E-state index contributed by atoms with van der Waals surface area (Å²) in [5.74, 6) is 0.779. The van der Waals surface area contributed by atoms with Crippen molar-refractivity contribution in [3.63, 3.8) is 0 Å². The maximum Gasteiger partial charge on any atom is 0.242 e. The Morgan fingerprint density at radius 2 is 1.67 bits per heavy atom. The van der Waals surface area contributed by atoms with E-state index >= 15 is 0 Å². The van der Waals surface area contributed by atoms with Gasteiger partial charge in [0.05, 0.1) is 17.6 Å². The molecule has 2 rings (SSSR count). The zero-order valence-electron chi connectivity index (χ0n) is 14.2. The summed E-state index contributed by atoms with van der Waals surface area (Å²) in [5, 5.41) is 0. The summed E-state index contributed by atoms with van der Waals surface area (Å²) >= 11 is 0. The molecule has 5 nitrogen and oxygen atoms in total. The Labute approximate surface area is 143 Å². The van der Waals surface area contributed by atoms with Crippen molar-refractivity contribution in [2.45, 2.75) is 17.9 Å². The molecule has 0 saturated heterocycles. The first kappa shape index (κ1) is 18.4. The fraction of sp³-hybridized carbons (Fsp3) is 0.333. The van der Waals surface area contributed by atoms with E-state index in [4.69, 9.17) is 9.47 Å². The molecule has 24 heavy (non-hydrogen) atoms. The third-order valence-electron chi connectivity index (χ3n) is 3.72. The highest BCUT2D eigenvalue weighted by Gasteiger charge is 2.24. The van der Waals surface area contributed by atoms with Gasteiger partial charge in [0.2, 0.25) is 10.0 Å². The molecule has 0 radical (unpaired) electrons. The maximum atomic E-state index is 12.6. The number of ether oxygens (including phenoxy) is 2. The Balaban J connectivity index is 2.14. The number of methoxy groups -OCH3 is 1. The van der Waals surface area contributed by atoms with Crippen LogP contribution in [0.3, 0.4) is 0 Å². The normalized spacial score (nSPS) is 13.0. The minimum atomic E-state index is -3.54. The standard InChI is InChI=1S/C18H23NO4S/c1-4-23-16-12-10-15(11-13-16)18(22-3)14-19(2)24(20,21)17-8-6-5-7-9-17/h5-13,18H,4,14H2,1-3H3. The molecule has 0 fully saturated rings. The molecule has 1 unspecified atom stereocenters. The zero-order valence-corrected chi connectivity index (χ0v) is 15.0. The zero-order chi connectivity index (χ0) is 17.6. The van der Waals surface area contributed by atoms with Gasteiger partial charge in [-0.3, -0.25) is 0 Å². The predicted octanol–water partition coefficient (Wildman–Crippen LogP) is 3.09. The van der Waals surface area contributed by atoms with Crippen molar-refractivity contribution in [2.75, 3.05) is 27.3 Å². The highest BCUT2D eigenvalue weighted by molar-refractivity contribution is 7.89. The van der Waals surface area contributed by atoms with Crippen molar-refractivity contribution in [3.05, 3.63) is 60.2 Å². The number of hydrogen-bond acceptors (Lipinski definition) is 4. The van der Waals surface area contributed by atoms with Gasteiger partial charge in [0.25, 0.3) is 0 Å². The van der Waals surface area contributed by atoms with Gasteiger partial charge in [-0.15, -0.1) is 0 Å². The number of likely N-dealkylation sites (N-methyl/N-ethyl adjacent to an activating group) is 1. The largest absolute Gasteiger partial charge is 0.494 e. The highest BCUT2D eigenvalue weighted by Crippen LogP contribution is 2.23. The van der Waals surface area contributed by atoms with E-state index in [9.17, 15) is 8.42 Å². The van der Waals surface area contributed by atoms with Crippen molar-refractivity contribution in [1.29, 1.82) is 0 Å². The molecule has 130 valence electrons. The van der Waals surface area contributed by atoms with Crippen molar-refractivity contribution in [2.24, 2.45) is 0 Å². The van der Waals surface area contributed by atoms with E-state index in [1.165, 1.54) is 4.31 Å². The third-order valence-corrected chi connectivity index (χ3v) is 5.56. The third kappa shape index (κ3) is 4.35. The molecule has 0 aromatic heterocycles. The Kier molecular flexibility index (Phi) is 6.36. The Hall–Kier alpha value is -1.89. The van der Waals surface area contributed by atoms with Crippen LogP contribution in [0.5, 0.6) is 5.75 Å². The Morgan fingerprint density at radius 3 is 2.21 bits per heavy atom. The van der Waals surface area contributed by atoms with Crippen molar-refractivity contribution in [3.8, 4) is 5.75 Å². The first-order chi connectivity index (χ1) is 11.5. The minimum absolute atomic E-state index is 0.224. The van der Waals surface area contributed by atoms with Crippen LogP contribution in [-0.4, -0.2) is 40.0 Å². The van der Waals surface area contributed by atoms with Gasteiger partial charge in [-0.2, -0.15) is 4.31 Å². The average Bonchev–Trinajstić information content (AvgIpc) is 2.61. The lowest BCUT2D eigenvalue weighted by Crippen LogP contribution is -2.31. The lowest BCUT2D eigenvalue weighted by atomic mass is 10.1. The molecule has 0 amide bonds. The van der Waals surface area contributed by atoms with Gasteiger partial charge in [0.1, 0.15) is 5.75 Å². The van der Waals surface area contributed by atoms with Crippen LogP contribution in [0.4, 0.5) is 0 Å². The summed E-state index contributed by atoms with van der Waals surface area (Å²) in [4.78, 5) is 0.272. The van der Waals surface area contributed by atoms with Crippen LogP contribution in [-0.2, 0) is 14.8 Å². The van der Waals surface area contributed by atoms with Gasteiger partial charge in [0, 0.05) is 20.7 Å². The van der Waals surface area contributed by atoms with Crippen molar-refractivity contribution in [1.82, 2.24) is 4.31 Å². The molecular formula is C18H23NO4S. The number of benzene rings is 2. The molecule has 0 N–H and O–H groups in total. The SMILES string of the molecule is CCOc1ccc(C(CN(C)S(=O)(=O)c2ccccc2)OC)cc1. The predicted molar refractivity (Wildman–Crippen MR) is 93.6 cm³/mol. The Bertz CT molecular complexity index is 729. The summed E-state index contributed by atoms with van der Waals surface area (Å²) in [6.07, 6.45) is -0.357. The van der Waals surface area contributed by atoms with Crippen LogP contribution >= 0.6 is 0 Å². The lowest BCUT2D eigenvalue weighted by Gasteiger charge is -2.23. The second kappa shape index (κ2) is 8.28. The smallest absolute Gasteiger partial charge is 0.242 e. The first-order valence-corrected chi connectivity index (χ1v) is 9.20. The van der Waals surface area contributed by atoms with E-state index in [0.717, 1.165) is 11.3 Å². The second-order valence-electron chi connectivity index (χ2n) is 5.32. The number of rotatable bonds is 8. The molecule has 0 aliphatic rings. The van der Waals surface area contributed by atoms with Gasteiger partial charge in [-0.1, -0.05) is 30.3 Å². The Morgan fingerprint density at radius 1 is 1.04 bits per heavy atom. The van der Waals surface area contributed by atoms with Gasteiger partial charge in [0.15, 0.2) is 0 Å². The van der Waals surface area contributed by atoms with Crippen molar-refractivity contribution >= 4 is 10.0 Å². The summed E-state index contributed by atoms with van der Waals surface area (Å²) in [5.41, 5.74) is 0.899. The molecule has 6 heteroatoms. The summed E-state index contributed by atoms with van der Waals surface area (Å²) in [6.45, 7) is 2.75. The van der Waals surface area contributed by atoms with Gasteiger partial charge < -0.3 is 9.47 Å². The van der Waals surface area contributed by atoms with E-state index in [2.05, 4.69) is 0 Å². The van der Waals surface area contributed by atoms with Gasteiger partial charge in [-0.05, 0) is 36.8 Å². The molecule has 0 aliphatic heterocycles. The first-order valence-electron chi connectivity index (χ1n) is 7.76. The number of nitrogens with zero attached hydrogens (tertiary/aromatic N) is 1. The van der Waals surface area contributed by atoms with E-state index in [1.807, 2.05) is 31.2 Å². The van der Waals surface area contributed by atoms with Crippen LogP contribution in [0.15, 0.2) is 59.5 Å². The topological polar surface area (TPSA) is 55.8 Å². The summed E-state index contributed by atoms with van der Waals surface area (Å²) in [6, 6.07) is 15.9. The van der Waals surface area contributed by atoms with E-state index in [1.54, 1.807) is 44.5 Å². The molecule has 0 bridgehead atoms. The van der Waals surface area contributed by atoms with Crippen LogP contribution in [0.25, 0.3) is 0 Å². The quantitative estimate of drug-likeness (QED) is 0.735. The number of sulfonamides is 1. The van der Waals surface area contributed by atoms with Crippen LogP contribution in [0.2, 0.25) is 0 Å². The molecule has 2 aromatic rings. The van der Waals surface area contributed by atoms with Crippen LogP contribution in [0.1, 0.15) is 18.6 Å².